The van der Waals surface area contributed by atoms with Gasteiger partial charge in [-0.05, 0) is 30.7 Å². The number of sulfonamides is 1. The number of anilines is 1. The number of hydrogen-bond donors (Lipinski definition) is 3. The van der Waals surface area contributed by atoms with E-state index in [0.29, 0.717) is 13.1 Å². The van der Waals surface area contributed by atoms with Gasteiger partial charge in [0.1, 0.15) is 5.82 Å². The number of nitrogens with zero attached hydrogens (tertiary/aromatic N) is 1. The van der Waals surface area contributed by atoms with Gasteiger partial charge in [-0.2, -0.15) is 0 Å². The van der Waals surface area contributed by atoms with Crippen molar-refractivity contribution in [1.29, 1.82) is 0 Å². The summed E-state index contributed by atoms with van der Waals surface area (Å²) in [5, 5.41) is 3.16. The molecule has 1 heterocycles. The van der Waals surface area contributed by atoms with Crippen molar-refractivity contribution in [2.75, 3.05) is 11.9 Å². The summed E-state index contributed by atoms with van der Waals surface area (Å²) in [6.45, 7) is 2.93. The molecule has 0 aliphatic carbocycles. The molecular weight excluding hydrogens is 276 g/mol. The van der Waals surface area contributed by atoms with Crippen LogP contribution in [-0.4, -0.2) is 24.9 Å². The van der Waals surface area contributed by atoms with Crippen molar-refractivity contribution < 1.29 is 8.42 Å². The van der Waals surface area contributed by atoms with Crippen molar-refractivity contribution in [3.63, 3.8) is 0 Å². The minimum absolute atomic E-state index is 0.273. The summed E-state index contributed by atoms with van der Waals surface area (Å²) in [6, 6.07) is 6.65. The normalized spacial score (nSPS) is 11.4. The van der Waals surface area contributed by atoms with E-state index in [2.05, 4.69) is 20.0 Å². The van der Waals surface area contributed by atoms with E-state index in [1.807, 2.05) is 6.92 Å². The second-order valence-electron chi connectivity index (χ2n) is 4.31. The van der Waals surface area contributed by atoms with Gasteiger partial charge in [-0.1, -0.05) is 6.92 Å². The van der Waals surface area contributed by atoms with Crippen LogP contribution in [0.15, 0.2) is 41.6 Å². The van der Waals surface area contributed by atoms with Gasteiger partial charge in [0.05, 0.1) is 11.4 Å². The molecular formula is C13H18N4O2S. The highest BCUT2D eigenvalue weighted by molar-refractivity contribution is 7.89. The predicted octanol–water partition coefficient (Wildman–Crippen LogP) is 1.71. The van der Waals surface area contributed by atoms with Crippen LogP contribution in [0.5, 0.6) is 0 Å². The van der Waals surface area contributed by atoms with Crippen LogP contribution in [0.25, 0.3) is 0 Å². The summed E-state index contributed by atoms with van der Waals surface area (Å²) < 4.78 is 26.3. The Morgan fingerprint density at radius 3 is 2.60 bits per heavy atom. The zero-order valence-corrected chi connectivity index (χ0v) is 12.1. The molecule has 0 radical (unpaired) electrons. The molecule has 2 aromatic rings. The van der Waals surface area contributed by atoms with Crippen molar-refractivity contribution in [2.45, 2.75) is 24.8 Å². The highest BCUT2D eigenvalue weighted by atomic mass is 32.2. The molecule has 1 aromatic carbocycles. The van der Waals surface area contributed by atoms with Gasteiger partial charge >= 0.3 is 0 Å². The number of aromatic nitrogens is 2. The number of H-pyrrole nitrogens is 1. The molecule has 0 aliphatic heterocycles. The van der Waals surface area contributed by atoms with Gasteiger partial charge in [-0.15, -0.1) is 0 Å². The lowest BCUT2D eigenvalue weighted by molar-refractivity contribution is 0.581. The van der Waals surface area contributed by atoms with Crippen molar-refractivity contribution in [1.82, 2.24) is 14.7 Å². The van der Waals surface area contributed by atoms with Crippen molar-refractivity contribution >= 4 is 15.7 Å². The van der Waals surface area contributed by atoms with E-state index in [4.69, 9.17) is 0 Å². The molecule has 0 unspecified atom stereocenters. The lowest BCUT2D eigenvalue weighted by Crippen LogP contribution is -2.24. The second kappa shape index (κ2) is 6.53. The van der Waals surface area contributed by atoms with Gasteiger partial charge in [0, 0.05) is 24.6 Å². The highest BCUT2D eigenvalue weighted by Crippen LogP contribution is 2.14. The van der Waals surface area contributed by atoms with Gasteiger partial charge in [-0.3, -0.25) is 0 Å². The van der Waals surface area contributed by atoms with Crippen LogP contribution in [0.4, 0.5) is 5.69 Å². The summed E-state index contributed by atoms with van der Waals surface area (Å²) in [5.74, 6) is 0.825. The maximum atomic E-state index is 11.9. The molecule has 0 bridgehead atoms. The fourth-order valence-electron chi connectivity index (χ4n) is 1.65. The molecule has 0 amide bonds. The number of hydrogen-bond acceptors (Lipinski definition) is 4. The second-order valence-corrected chi connectivity index (χ2v) is 6.08. The molecule has 108 valence electrons. The Hall–Kier alpha value is -1.86. The summed E-state index contributed by atoms with van der Waals surface area (Å²) >= 11 is 0. The van der Waals surface area contributed by atoms with Crippen LogP contribution in [0, 0.1) is 0 Å². The molecule has 3 N–H and O–H groups in total. The minimum Gasteiger partial charge on any atom is -0.378 e. The first-order valence-electron chi connectivity index (χ1n) is 6.43. The number of benzene rings is 1. The predicted molar refractivity (Wildman–Crippen MR) is 77.8 cm³/mol. The molecule has 6 nitrogen and oxygen atoms in total. The fraction of sp³-hybridized carbons (Fsp3) is 0.308. The molecule has 7 heteroatoms. The molecule has 1 aromatic heterocycles. The smallest absolute Gasteiger partial charge is 0.240 e. The van der Waals surface area contributed by atoms with E-state index in [9.17, 15) is 8.42 Å². The van der Waals surface area contributed by atoms with Crippen LogP contribution in [0.1, 0.15) is 19.2 Å². The zero-order chi connectivity index (χ0) is 14.4. The Bertz CT molecular complexity index is 621. The summed E-state index contributed by atoms with van der Waals surface area (Å²) in [7, 11) is -3.39. The Morgan fingerprint density at radius 2 is 2.00 bits per heavy atom. The SMILES string of the molecule is CCCNS(=O)(=O)c1ccc(NCc2ncc[nH]2)cc1. The van der Waals surface area contributed by atoms with Crippen LogP contribution in [0.3, 0.4) is 0 Å². The summed E-state index contributed by atoms with van der Waals surface area (Å²) in [6.07, 6.45) is 4.21. The van der Waals surface area contributed by atoms with Gasteiger partial charge in [0.2, 0.25) is 10.0 Å². The Morgan fingerprint density at radius 1 is 1.25 bits per heavy atom. The van der Waals surface area contributed by atoms with E-state index in [0.717, 1.165) is 17.9 Å². The largest absolute Gasteiger partial charge is 0.378 e. The van der Waals surface area contributed by atoms with Crippen LogP contribution < -0.4 is 10.0 Å². The Labute approximate surface area is 118 Å². The molecule has 0 spiro atoms. The molecule has 0 atom stereocenters. The van der Waals surface area contributed by atoms with Crippen molar-refractivity contribution in [2.24, 2.45) is 0 Å². The Balaban J connectivity index is 1.99. The quantitative estimate of drug-likeness (QED) is 0.725. The van der Waals surface area contributed by atoms with Gasteiger partial charge in [0.25, 0.3) is 0 Å². The first-order chi connectivity index (χ1) is 9.62. The summed E-state index contributed by atoms with van der Waals surface area (Å²) in [5.41, 5.74) is 0.843. The molecule has 20 heavy (non-hydrogen) atoms. The van der Waals surface area contributed by atoms with Crippen LogP contribution in [0.2, 0.25) is 0 Å². The monoisotopic (exact) mass is 294 g/mol. The molecule has 0 saturated heterocycles. The minimum atomic E-state index is -3.39. The number of imidazole rings is 1. The lowest BCUT2D eigenvalue weighted by atomic mass is 10.3. The number of nitrogens with one attached hydrogen (secondary N) is 3. The van der Waals surface area contributed by atoms with Crippen molar-refractivity contribution in [3.05, 3.63) is 42.5 Å². The topological polar surface area (TPSA) is 86.9 Å². The standard InChI is InChI=1S/C13H18N4O2S/c1-2-7-17-20(18,19)12-5-3-11(4-6-12)16-10-13-14-8-9-15-13/h3-6,8-9,16-17H,2,7,10H2,1H3,(H,14,15). The van der Waals surface area contributed by atoms with Gasteiger partial charge in [0.15, 0.2) is 0 Å². The maximum absolute atomic E-state index is 11.9. The lowest BCUT2D eigenvalue weighted by Gasteiger charge is -2.08. The van der Waals surface area contributed by atoms with E-state index in [-0.39, 0.29) is 4.90 Å². The van der Waals surface area contributed by atoms with E-state index >= 15 is 0 Å². The average Bonchev–Trinajstić information content (AvgIpc) is 2.97. The first kappa shape index (κ1) is 14.5. The third-order valence-corrected chi connectivity index (χ3v) is 4.20. The van der Waals surface area contributed by atoms with Crippen molar-refractivity contribution in [3.8, 4) is 0 Å². The van der Waals surface area contributed by atoms with Crippen LogP contribution >= 0.6 is 0 Å². The number of aromatic amines is 1. The average molecular weight is 294 g/mol. The highest BCUT2D eigenvalue weighted by Gasteiger charge is 2.12. The van der Waals surface area contributed by atoms with E-state index in [1.165, 1.54) is 0 Å². The third kappa shape index (κ3) is 3.82. The van der Waals surface area contributed by atoms with E-state index < -0.39 is 10.0 Å². The van der Waals surface area contributed by atoms with Gasteiger partial charge in [-0.25, -0.2) is 18.1 Å². The fourth-order valence-corrected chi connectivity index (χ4v) is 2.79. The van der Waals surface area contributed by atoms with Gasteiger partial charge < -0.3 is 10.3 Å². The third-order valence-electron chi connectivity index (χ3n) is 2.72. The number of rotatable bonds is 7. The molecule has 0 fully saturated rings. The Kier molecular flexibility index (Phi) is 4.75. The molecule has 2 rings (SSSR count). The maximum Gasteiger partial charge on any atom is 0.240 e. The van der Waals surface area contributed by atoms with Crippen LogP contribution in [-0.2, 0) is 16.6 Å². The molecule has 0 saturated carbocycles. The molecule has 0 aliphatic rings. The summed E-state index contributed by atoms with van der Waals surface area (Å²) in [4.78, 5) is 7.36. The zero-order valence-electron chi connectivity index (χ0n) is 11.3. The first-order valence-corrected chi connectivity index (χ1v) is 7.92. The van der Waals surface area contributed by atoms with E-state index in [1.54, 1.807) is 36.7 Å².